The first-order valence-electron chi connectivity index (χ1n) is 6.91. The summed E-state index contributed by atoms with van der Waals surface area (Å²) in [6, 6.07) is 10.2. The van der Waals surface area contributed by atoms with Crippen molar-refractivity contribution in [3.8, 4) is 0 Å². The molecule has 0 unspecified atom stereocenters. The highest BCUT2D eigenvalue weighted by molar-refractivity contribution is 5.14. The van der Waals surface area contributed by atoms with Crippen LogP contribution in [-0.2, 0) is 13.1 Å². The van der Waals surface area contributed by atoms with Gasteiger partial charge in [-0.1, -0.05) is 30.3 Å². The van der Waals surface area contributed by atoms with E-state index in [2.05, 4.69) is 44.9 Å². The zero-order valence-corrected chi connectivity index (χ0v) is 12.2. The second kappa shape index (κ2) is 7.72. The van der Waals surface area contributed by atoms with Crippen molar-refractivity contribution in [2.45, 2.75) is 19.5 Å². The second-order valence-electron chi connectivity index (χ2n) is 4.93. The van der Waals surface area contributed by atoms with Gasteiger partial charge >= 0.3 is 0 Å². The molecule has 0 aliphatic rings. The van der Waals surface area contributed by atoms with E-state index in [1.54, 1.807) is 0 Å². The van der Waals surface area contributed by atoms with Gasteiger partial charge in [0.1, 0.15) is 0 Å². The summed E-state index contributed by atoms with van der Waals surface area (Å²) in [7, 11) is 4.07. The molecule has 0 aliphatic heterocycles. The zero-order valence-electron chi connectivity index (χ0n) is 12.2. The summed E-state index contributed by atoms with van der Waals surface area (Å²) in [6.45, 7) is 3.54. The molecule has 0 bridgehead atoms. The van der Waals surface area contributed by atoms with Crippen LogP contribution >= 0.6 is 0 Å². The fourth-order valence-electron chi connectivity index (χ4n) is 2.06. The topological polar surface area (TPSA) is 58.9 Å². The Bertz CT molecular complexity index is 495. The minimum atomic E-state index is 0.716. The molecule has 0 radical (unpaired) electrons. The van der Waals surface area contributed by atoms with Crippen LogP contribution in [0, 0.1) is 0 Å². The predicted molar refractivity (Wildman–Crippen MR) is 78.2 cm³/mol. The molecular formula is C14H22N6. The SMILES string of the molecule is CNCCCN(C)Cc1nnnn1Cc1ccccc1. The predicted octanol–water partition coefficient (Wildman–Crippen LogP) is 0.763. The van der Waals surface area contributed by atoms with Crippen LogP contribution < -0.4 is 5.32 Å². The Hall–Kier alpha value is -1.79. The Kier molecular flexibility index (Phi) is 5.64. The summed E-state index contributed by atoms with van der Waals surface area (Å²) in [5.74, 6) is 0.904. The third kappa shape index (κ3) is 4.40. The maximum atomic E-state index is 4.13. The van der Waals surface area contributed by atoms with Gasteiger partial charge in [-0.25, -0.2) is 4.68 Å². The molecule has 1 heterocycles. The highest BCUT2D eigenvalue weighted by Gasteiger charge is 2.09. The summed E-state index contributed by atoms with van der Waals surface area (Å²) in [4.78, 5) is 2.24. The van der Waals surface area contributed by atoms with Gasteiger partial charge in [0.15, 0.2) is 5.82 Å². The van der Waals surface area contributed by atoms with Gasteiger partial charge in [-0.15, -0.1) is 5.10 Å². The van der Waals surface area contributed by atoms with Crippen LogP contribution in [0.3, 0.4) is 0 Å². The van der Waals surface area contributed by atoms with Crippen LogP contribution in [0.2, 0.25) is 0 Å². The lowest BCUT2D eigenvalue weighted by molar-refractivity contribution is 0.306. The molecule has 0 atom stereocenters. The molecule has 108 valence electrons. The van der Waals surface area contributed by atoms with Crippen molar-refractivity contribution in [1.82, 2.24) is 30.4 Å². The molecule has 0 amide bonds. The molecule has 2 rings (SSSR count). The van der Waals surface area contributed by atoms with Crippen LogP contribution in [0.1, 0.15) is 17.8 Å². The van der Waals surface area contributed by atoms with E-state index in [1.165, 1.54) is 5.56 Å². The average Bonchev–Trinajstić information content (AvgIpc) is 2.87. The Balaban J connectivity index is 1.91. The van der Waals surface area contributed by atoms with Crippen molar-refractivity contribution in [3.63, 3.8) is 0 Å². The molecule has 1 N–H and O–H groups in total. The van der Waals surface area contributed by atoms with Gasteiger partial charge in [-0.05, 0) is 49.6 Å². The molecule has 1 aromatic heterocycles. The maximum absolute atomic E-state index is 4.13. The number of hydrogen-bond donors (Lipinski definition) is 1. The second-order valence-corrected chi connectivity index (χ2v) is 4.93. The van der Waals surface area contributed by atoms with Gasteiger partial charge in [0.25, 0.3) is 0 Å². The van der Waals surface area contributed by atoms with E-state index >= 15 is 0 Å². The zero-order chi connectivity index (χ0) is 14.2. The molecule has 6 nitrogen and oxygen atoms in total. The Morgan fingerprint density at radius 3 is 2.80 bits per heavy atom. The van der Waals surface area contributed by atoms with E-state index in [0.717, 1.165) is 31.9 Å². The number of tetrazole rings is 1. The smallest absolute Gasteiger partial charge is 0.165 e. The minimum Gasteiger partial charge on any atom is -0.320 e. The molecule has 1 aromatic carbocycles. The van der Waals surface area contributed by atoms with Gasteiger partial charge in [-0.3, -0.25) is 4.90 Å². The molecule has 0 saturated heterocycles. The molecule has 6 heteroatoms. The van der Waals surface area contributed by atoms with Crippen LogP contribution in [0.5, 0.6) is 0 Å². The minimum absolute atomic E-state index is 0.716. The maximum Gasteiger partial charge on any atom is 0.165 e. The van der Waals surface area contributed by atoms with Crippen molar-refractivity contribution in [2.75, 3.05) is 27.2 Å². The van der Waals surface area contributed by atoms with Gasteiger partial charge in [0.05, 0.1) is 13.1 Å². The molecule has 0 aliphatic carbocycles. The van der Waals surface area contributed by atoms with E-state index < -0.39 is 0 Å². The van der Waals surface area contributed by atoms with Crippen LogP contribution in [-0.4, -0.2) is 52.3 Å². The Morgan fingerprint density at radius 2 is 2.05 bits per heavy atom. The first kappa shape index (κ1) is 14.6. The van der Waals surface area contributed by atoms with E-state index in [0.29, 0.717) is 6.54 Å². The number of aromatic nitrogens is 4. The van der Waals surface area contributed by atoms with E-state index in [1.807, 2.05) is 29.9 Å². The fraction of sp³-hybridized carbons (Fsp3) is 0.500. The summed E-state index contributed by atoms with van der Waals surface area (Å²) in [5.41, 5.74) is 1.21. The molecule has 2 aromatic rings. The number of nitrogens with zero attached hydrogens (tertiary/aromatic N) is 5. The third-order valence-electron chi connectivity index (χ3n) is 3.16. The lowest BCUT2D eigenvalue weighted by atomic mass is 10.2. The summed E-state index contributed by atoms with van der Waals surface area (Å²) >= 11 is 0. The lowest BCUT2D eigenvalue weighted by Crippen LogP contribution is -2.24. The number of benzene rings is 1. The first-order valence-corrected chi connectivity index (χ1v) is 6.91. The average molecular weight is 274 g/mol. The quantitative estimate of drug-likeness (QED) is 0.720. The van der Waals surface area contributed by atoms with Crippen LogP contribution in [0.4, 0.5) is 0 Å². The number of rotatable bonds is 8. The Labute approximate surface area is 119 Å². The van der Waals surface area contributed by atoms with Crippen LogP contribution in [0.25, 0.3) is 0 Å². The standard InChI is InChI=1S/C14H22N6/c1-15-9-6-10-19(2)12-14-16-17-18-20(14)11-13-7-4-3-5-8-13/h3-5,7-8,15H,6,9-12H2,1-2H3. The molecule has 0 saturated carbocycles. The first-order chi connectivity index (χ1) is 9.79. The van der Waals surface area contributed by atoms with Crippen molar-refractivity contribution in [3.05, 3.63) is 41.7 Å². The van der Waals surface area contributed by atoms with Crippen molar-refractivity contribution >= 4 is 0 Å². The van der Waals surface area contributed by atoms with E-state index in [-0.39, 0.29) is 0 Å². The largest absolute Gasteiger partial charge is 0.320 e. The van der Waals surface area contributed by atoms with Crippen molar-refractivity contribution in [2.24, 2.45) is 0 Å². The molecule has 0 spiro atoms. The van der Waals surface area contributed by atoms with Crippen molar-refractivity contribution in [1.29, 1.82) is 0 Å². The number of nitrogens with one attached hydrogen (secondary N) is 1. The molecular weight excluding hydrogens is 252 g/mol. The number of hydrogen-bond acceptors (Lipinski definition) is 5. The Morgan fingerprint density at radius 1 is 1.25 bits per heavy atom. The van der Waals surface area contributed by atoms with Gasteiger partial charge in [-0.2, -0.15) is 0 Å². The molecule has 20 heavy (non-hydrogen) atoms. The van der Waals surface area contributed by atoms with Gasteiger partial charge in [0, 0.05) is 0 Å². The van der Waals surface area contributed by atoms with Gasteiger partial charge in [0.2, 0.25) is 0 Å². The van der Waals surface area contributed by atoms with Crippen LogP contribution in [0.15, 0.2) is 30.3 Å². The summed E-state index contributed by atoms with van der Waals surface area (Å²) < 4.78 is 1.86. The van der Waals surface area contributed by atoms with Gasteiger partial charge < -0.3 is 5.32 Å². The highest BCUT2D eigenvalue weighted by Crippen LogP contribution is 2.04. The van der Waals surface area contributed by atoms with E-state index in [9.17, 15) is 0 Å². The monoisotopic (exact) mass is 274 g/mol. The normalized spacial score (nSPS) is 11.2. The summed E-state index contributed by atoms with van der Waals surface area (Å²) in [5, 5.41) is 15.1. The van der Waals surface area contributed by atoms with Crippen molar-refractivity contribution < 1.29 is 0 Å². The summed E-state index contributed by atoms with van der Waals surface area (Å²) in [6.07, 6.45) is 1.12. The molecule has 0 fully saturated rings. The van der Waals surface area contributed by atoms with E-state index in [4.69, 9.17) is 0 Å². The fourth-order valence-corrected chi connectivity index (χ4v) is 2.06. The third-order valence-corrected chi connectivity index (χ3v) is 3.16. The highest BCUT2D eigenvalue weighted by atomic mass is 15.5. The lowest BCUT2D eigenvalue weighted by Gasteiger charge is -2.15.